The van der Waals surface area contributed by atoms with E-state index in [1.54, 1.807) is 18.3 Å². The summed E-state index contributed by atoms with van der Waals surface area (Å²) in [7, 11) is 0. The maximum absolute atomic E-state index is 13.5. The number of pyridine rings is 1. The molecule has 3 aromatic rings. The molecule has 1 aliphatic heterocycles. The summed E-state index contributed by atoms with van der Waals surface area (Å²) in [5, 5.41) is 12.9. The SMILES string of the molecule is CC(C(=O)Nc1cc(C2CC2)[nH]n1)c1cccc(-c2ccc(NC(=O)/C=C/CN3C[C@@H](F)C[C@H]3C)nc2)c1. The van der Waals surface area contributed by atoms with Crippen LogP contribution in [-0.4, -0.2) is 57.2 Å². The summed E-state index contributed by atoms with van der Waals surface area (Å²) in [4.78, 5) is 31.5. The molecule has 2 aromatic heterocycles. The number of hydrogen-bond acceptors (Lipinski definition) is 5. The van der Waals surface area contributed by atoms with E-state index in [-0.39, 0.29) is 23.8 Å². The third kappa shape index (κ3) is 6.34. The van der Waals surface area contributed by atoms with E-state index in [1.807, 2.05) is 55.1 Å². The first-order chi connectivity index (χ1) is 18.4. The van der Waals surface area contributed by atoms with Gasteiger partial charge in [-0.15, -0.1) is 0 Å². The Kier molecular flexibility index (Phi) is 7.64. The average Bonchev–Trinajstić information content (AvgIpc) is 3.57. The Balaban J connectivity index is 1.16. The van der Waals surface area contributed by atoms with Crippen LogP contribution in [-0.2, 0) is 9.59 Å². The zero-order valence-corrected chi connectivity index (χ0v) is 21.7. The van der Waals surface area contributed by atoms with Gasteiger partial charge in [0.25, 0.3) is 0 Å². The van der Waals surface area contributed by atoms with Gasteiger partial charge in [0.15, 0.2) is 5.82 Å². The van der Waals surface area contributed by atoms with Crippen molar-refractivity contribution in [1.82, 2.24) is 20.1 Å². The van der Waals surface area contributed by atoms with Gasteiger partial charge in [-0.05, 0) is 56.4 Å². The second kappa shape index (κ2) is 11.3. The number of H-pyrrole nitrogens is 1. The van der Waals surface area contributed by atoms with Crippen molar-refractivity contribution in [3.05, 3.63) is 72.1 Å². The molecule has 9 heteroatoms. The fraction of sp³-hybridized carbons (Fsp3) is 0.379. The molecule has 1 unspecified atom stereocenters. The van der Waals surface area contributed by atoms with Crippen LogP contribution in [0.4, 0.5) is 16.0 Å². The number of nitrogens with zero attached hydrogens (tertiary/aromatic N) is 3. The Hall–Kier alpha value is -3.85. The Morgan fingerprint density at radius 3 is 2.71 bits per heavy atom. The van der Waals surface area contributed by atoms with Gasteiger partial charge >= 0.3 is 0 Å². The van der Waals surface area contributed by atoms with Gasteiger partial charge in [0.2, 0.25) is 11.8 Å². The van der Waals surface area contributed by atoms with Crippen LogP contribution < -0.4 is 10.6 Å². The van der Waals surface area contributed by atoms with Gasteiger partial charge in [-0.25, -0.2) is 9.37 Å². The third-order valence-electron chi connectivity index (χ3n) is 7.26. The number of rotatable bonds is 9. The summed E-state index contributed by atoms with van der Waals surface area (Å²) >= 11 is 0. The fourth-order valence-electron chi connectivity index (χ4n) is 4.76. The molecule has 3 atom stereocenters. The van der Waals surface area contributed by atoms with Crippen molar-refractivity contribution in [3.63, 3.8) is 0 Å². The lowest BCUT2D eigenvalue weighted by Gasteiger charge is -2.17. The van der Waals surface area contributed by atoms with E-state index in [4.69, 9.17) is 0 Å². The monoisotopic (exact) mass is 516 g/mol. The third-order valence-corrected chi connectivity index (χ3v) is 7.26. The summed E-state index contributed by atoms with van der Waals surface area (Å²) in [6, 6.07) is 13.5. The maximum atomic E-state index is 13.5. The first-order valence-electron chi connectivity index (χ1n) is 13.1. The van der Waals surface area contributed by atoms with E-state index in [0.717, 1.165) is 22.4 Å². The van der Waals surface area contributed by atoms with Crippen molar-refractivity contribution >= 4 is 23.5 Å². The molecule has 1 saturated heterocycles. The van der Waals surface area contributed by atoms with Crippen LogP contribution in [0.3, 0.4) is 0 Å². The lowest BCUT2D eigenvalue weighted by atomic mass is 9.96. The number of carbonyl (C=O) groups excluding carboxylic acids is 2. The zero-order chi connectivity index (χ0) is 26.6. The second-order valence-electron chi connectivity index (χ2n) is 10.3. The van der Waals surface area contributed by atoms with E-state index in [0.29, 0.717) is 37.1 Å². The molecule has 5 rings (SSSR count). The Labute approximate surface area is 221 Å². The van der Waals surface area contributed by atoms with E-state index < -0.39 is 6.17 Å². The molecule has 38 heavy (non-hydrogen) atoms. The molecular formula is C29H33FN6O2. The van der Waals surface area contributed by atoms with Crippen molar-refractivity contribution in [2.24, 2.45) is 0 Å². The van der Waals surface area contributed by atoms with Gasteiger partial charge in [0.1, 0.15) is 12.0 Å². The van der Waals surface area contributed by atoms with Gasteiger partial charge in [0, 0.05) is 54.6 Å². The molecule has 2 amide bonds. The van der Waals surface area contributed by atoms with Crippen molar-refractivity contribution in [2.45, 2.75) is 57.2 Å². The van der Waals surface area contributed by atoms with Gasteiger partial charge in [-0.1, -0.05) is 30.3 Å². The van der Waals surface area contributed by atoms with Crippen molar-refractivity contribution < 1.29 is 14.0 Å². The highest BCUT2D eigenvalue weighted by Crippen LogP contribution is 2.39. The first-order valence-corrected chi connectivity index (χ1v) is 13.1. The van der Waals surface area contributed by atoms with E-state index in [9.17, 15) is 14.0 Å². The number of benzene rings is 1. The van der Waals surface area contributed by atoms with Crippen LogP contribution in [0.5, 0.6) is 0 Å². The summed E-state index contributed by atoms with van der Waals surface area (Å²) < 4.78 is 13.5. The predicted octanol–water partition coefficient (Wildman–Crippen LogP) is 5.02. The number of anilines is 2. The summed E-state index contributed by atoms with van der Waals surface area (Å²) in [6.07, 6.45) is 6.98. The molecule has 8 nitrogen and oxygen atoms in total. The smallest absolute Gasteiger partial charge is 0.249 e. The van der Waals surface area contributed by atoms with Crippen molar-refractivity contribution in [2.75, 3.05) is 23.7 Å². The van der Waals surface area contributed by atoms with Gasteiger partial charge in [0.05, 0.1) is 5.92 Å². The minimum atomic E-state index is -0.794. The Morgan fingerprint density at radius 1 is 1.16 bits per heavy atom. The van der Waals surface area contributed by atoms with E-state index in [2.05, 4.69) is 25.8 Å². The standard InChI is InChI=1S/C29H33FN6O2/c1-18-13-24(30)17-36(18)12-4-7-28(37)32-26-11-10-23(16-31-26)22-6-3-5-21(14-22)19(2)29(38)33-27-15-25(34-35-27)20-8-9-20/h3-7,10-11,14-16,18-20,24H,8-9,12-13,17H2,1-2H3,(H,31,32,37)(H2,33,34,35,38)/b7-4+/t18-,19?,24+/m1/s1. The number of halogens is 1. The first kappa shape index (κ1) is 25.8. The highest BCUT2D eigenvalue weighted by Gasteiger charge is 2.28. The Morgan fingerprint density at radius 2 is 2.00 bits per heavy atom. The number of amides is 2. The number of nitrogens with one attached hydrogen (secondary N) is 3. The fourth-order valence-corrected chi connectivity index (χ4v) is 4.76. The van der Waals surface area contributed by atoms with Crippen LogP contribution in [0.15, 0.2) is 60.8 Å². The number of carbonyl (C=O) groups is 2. The van der Waals surface area contributed by atoms with Gasteiger partial charge in [-0.3, -0.25) is 19.6 Å². The van der Waals surface area contributed by atoms with Crippen LogP contribution in [0.1, 0.15) is 56.2 Å². The van der Waals surface area contributed by atoms with Crippen LogP contribution in [0.25, 0.3) is 11.1 Å². The van der Waals surface area contributed by atoms with Crippen LogP contribution in [0, 0.1) is 0 Å². The molecule has 198 valence electrons. The van der Waals surface area contributed by atoms with Crippen molar-refractivity contribution in [1.29, 1.82) is 0 Å². The lowest BCUT2D eigenvalue weighted by Crippen LogP contribution is -2.27. The lowest BCUT2D eigenvalue weighted by molar-refractivity contribution is -0.117. The molecule has 3 heterocycles. The normalized spacial score (nSPS) is 20.5. The Bertz CT molecular complexity index is 1320. The molecule has 1 saturated carbocycles. The molecule has 2 fully saturated rings. The average molecular weight is 517 g/mol. The number of likely N-dealkylation sites (tertiary alicyclic amines) is 1. The number of hydrogen-bond donors (Lipinski definition) is 3. The second-order valence-corrected chi connectivity index (χ2v) is 10.3. The number of aromatic nitrogens is 3. The highest BCUT2D eigenvalue weighted by atomic mass is 19.1. The van der Waals surface area contributed by atoms with Gasteiger partial charge in [-0.2, -0.15) is 5.10 Å². The number of aromatic amines is 1. The molecule has 0 radical (unpaired) electrons. The summed E-state index contributed by atoms with van der Waals surface area (Å²) in [6.45, 7) is 4.81. The molecular weight excluding hydrogens is 483 g/mol. The minimum Gasteiger partial charge on any atom is -0.309 e. The molecule has 1 aliphatic carbocycles. The van der Waals surface area contributed by atoms with Crippen LogP contribution in [0.2, 0.25) is 0 Å². The molecule has 0 bridgehead atoms. The molecule has 0 spiro atoms. The molecule has 2 aliphatic rings. The summed E-state index contributed by atoms with van der Waals surface area (Å²) in [5.41, 5.74) is 3.75. The number of alkyl halides is 1. The zero-order valence-electron chi connectivity index (χ0n) is 21.7. The predicted molar refractivity (Wildman–Crippen MR) is 146 cm³/mol. The summed E-state index contributed by atoms with van der Waals surface area (Å²) in [5.74, 6) is 0.767. The van der Waals surface area contributed by atoms with E-state index >= 15 is 0 Å². The van der Waals surface area contributed by atoms with Crippen LogP contribution >= 0.6 is 0 Å². The highest BCUT2D eigenvalue weighted by molar-refractivity contribution is 5.98. The van der Waals surface area contributed by atoms with E-state index in [1.165, 1.54) is 18.9 Å². The topological polar surface area (TPSA) is 103 Å². The minimum absolute atomic E-state index is 0.121. The molecule has 1 aromatic carbocycles. The van der Waals surface area contributed by atoms with Gasteiger partial charge < -0.3 is 10.6 Å². The van der Waals surface area contributed by atoms with Crippen molar-refractivity contribution in [3.8, 4) is 11.1 Å². The quantitative estimate of drug-likeness (QED) is 0.347. The maximum Gasteiger partial charge on any atom is 0.249 e. The molecule has 3 N–H and O–H groups in total. The largest absolute Gasteiger partial charge is 0.309 e.